The number of carbonyl (C=O) groups excluding carboxylic acids is 1. The van der Waals surface area contributed by atoms with Crippen molar-refractivity contribution in [1.82, 2.24) is 4.57 Å². The van der Waals surface area contributed by atoms with Gasteiger partial charge < -0.3 is 4.74 Å². The SMILES string of the molecule is C=CCOC(=O)C1=C(C)N=c2sc(=Cc3cccc4ccccc34)c(=O)n2C1c1ccc(Cl)cc1. The summed E-state index contributed by atoms with van der Waals surface area (Å²) in [7, 11) is 0. The van der Waals surface area contributed by atoms with Crippen LogP contribution in [0.5, 0.6) is 0 Å². The van der Waals surface area contributed by atoms with Crippen molar-refractivity contribution in [2.75, 3.05) is 6.61 Å². The van der Waals surface area contributed by atoms with Gasteiger partial charge in [-0.1, -0.05) is 90.2 Å². The van der Waals surface area contributed by atoms with E-state index in [1.54, 1.807) is 23.6 Å². The van der Waals surface area contributed by atoms with Crippen LogP contribution in [0.3, 0.4) is 0 Å². The van der Waals surface area contributed by atoms with Crippen LogP contribution in [0.2, 0.25) is 5.02 Å². The van der Waals surface area contributed by atoms with Crippen LogP contribution in [-0.2, 0) is 9.53 Å². The first-order valence-corrected chi connectivity index (χ1v) is 12.2. The van der Waals surface area contributed by atoms with Crippen LogP contribution in [0.15, 0.2) is 100 Å². The van der Waals surface area contributed by atoms with E-state index in [1.807, 2.05) is 60.7 Å². The Hall–Kier alpha value is -3.74. The number of ether oxygens (including phenoxy) is 1. The highest BCUT2D eigenvalue weighted by molar-refractivity contribution is 7.07. The van der Waals surface area contributed by atoms with E-state index in [1.165, 1.54) is 17.4 Å². The average molecular weight is 501 g/mol. The molecule has 1 atom stereocenters. The van der Waals surface area contributed by atoms with Crippen LogP contribution < -0.4 is 14.9 Å². The zero-order chi connectivity index (χ0) is 24.5. The van der Waals surface area contributed by atoms with Crippen molar-refractivity contribution in [3.05, 3.63) is 126 Å². The van der Waals surface area contributed by atoms with Crippen LogP contribution in [0, 0.1) is 0 Å². The number of halogens is 1. The molecule has 1 unspecified atom stereocenters. The lowest BCUT2D eigenvalue weighted by molar-refractivity contribution is -0.138. The van der Waals surface area contributed by atoms with Gasteiger partial charge in [-0.05, 0) is 47.0 Å². The predicted molar refractivity (Wildman–Crippen MR) is 140 cm³/mol. The maximum absolute atomic E-state index is 13.8. The summed E-state index contributed by atoms with van der Waals surface area (Å²) in [5.74, 6) is -0.533. The summed E-state index contributed by atoms with van der Waals surface area (Å²) in [4.78, 5) is 32.0. The number of hydrogen-bond acceptors (Lipinski definition) is 5. The first-order valence-electron chi connectivity index (χ1n) is 11.0. The molecule has 0 bridgehead atoms. The molecule has 5 nitrogen and oxygen atoms in total. The molecule has 174 valence electrons. The Bertz CT molecular complexity index is 1670. The van der Waals surface area contributed by atoms with E-state index in [2.05, 4.69) is 11.6 Å². The van der Waals surface area contributed by atoms with Gasteiger partial charge in [0, 0.05) is 5.02 Å². The number of carbonyl (C=O) groups is 1. The minimum atomic E-state index is -0.685. The van der Waals surface area contributed by atoms with Gasteiger partial charge >= 0.3 is 5.97 Å². The van der Waals surface area contributed by atoms with Crippen LogP contribution in [0.1, 0.15) is 24.1 Å². The molecule has 35 heavy (non-hydrogen) atoms. The zero-order valence-electron chi connectivity index (χ0n) is 18.9. The van der Waals surface area contributed by atoms with Gasteiger partial charge in [0.15, 0.2) is 4.80 Å². The Labute approximate surface area is 210 Å². The summed E-state index contributed by atoms with van der Waals surface area (Å²) in [6.07, 6.45) is 3.39. The highest BCUT2D eigenvalue weighted by Gasteiger charge is 2.33. The summed E-state index contributed by atoms with van der Waals surface area (Å²) in [5, 5.41) is 2.71. The fourth-order valence-corrected chi connectivity index (χ4v) is 5.44. The van der Waals surface area contributed by atoms with Crippen molar-refractivity contribution in [3.8, 4) is 0 Å². The molecule has 0 N–H and O–H groups in total. The monoisotopic (exact) mass is 500 g/mol. The largest absolute Gasteiger partial charge is 0.458 e. The van der Waals surface area contributed by atoms with E-state index in [-0.39, 0.29) is 12.2 Å². The Kier molecular flexibility index (Phi) is 6.24. The van der Waals surface area contributed by atoms with E-state index >= 15 is 0 Å². The first kappa shape index (κ1) is 23.0. The number of thiazole rings is 1. The third-order valence-electron chi connectivity index (χ3n) is 5.87. The molecule has 0 saturated heterocycles. The maximum Gasteiger partial charge on any atom is 0.338 e. The van der Waals surface area contributed by atoms with E-state index in [4.69, 9.17) is 16.3 Å². The number of allylic oxidation sites excluding steroid dienone is 1. The van der Waals surface area contributed by atoms with Crippen LogP contribution >= 0.6 is 22.9 Å². The Morgan fingerprint density at radius 2 is 1.89 bits per heavy atom. The second-order valence-electron chi connectivity index (χ2n) is 8.09. The topological polar surface area (TPSA) is 60.7 Å². The number of benzene rings is 3. The van der Waals surface area contributed by atoms with E-state index in [0.29, 0.717) is 25.6 Å². The third-order valence-corrected chi connectivity index (χ3v) is 7.10. The van der Waals surface area contributed by atoms with E-state index in [9.17, 15) is 9.59 Å². The highest BCUT2D eigenvalue weighted by Crippen LogP contribution is 2.31. The van der Waals surface area contributed by atoms with Gasteiger partial charge in [0.2, 0.25) is 0 Å². The lowest BCUT2D eigenvalue weighted by Crippen LogP contribution is -2.39. The van der Waals surface area contributed by atoms with Crippen LogP contribution in [-0.4, -0.2) is 17.1 Å². The Morgan fingerprint density at radius 1 is 1.14 bits per heavy atom. The standard InChI is InChI=1S/C28H21ClN2O3S/c1-3-15-34-27(33)24-17(2)30-28-31(25(24)19-11-13-21(29)14-12-19)26(32)23(35-28)16-20-9-6-8-18-7-4-5-10-22(18)20/h3-14,16,25H,1,15H2,2H3. The summed E-state index contributed by atoms with van der Waals surface area (Å²) in [6.45, 7) is 5.43. The van der Waals surface area contributed by atoms with Gasteiger partial charge in [-0.3, -0.25) is 9.36 Å². The Morgan fingerprint density at radius 3 is 2.66 bits per heavy atom. The van der Waals surface area contributed by atoms with Gasteiger partial charge in [0.05, 0.1) is 21.8 Å². The number of nitrogens with zero attached hydrogens (tertiary/aromatic N) is 2. The van der Waals surface area contributed by atoms with Gasteiger partial charge in [0.1, 0.15) is 6.61 Å². The molecule has 4 aromatic rings. The van der Waals surface area contributed by atoms with Crippen LogP contribution in [0.25, 0.3) is 16.8 Å². The molecule has 5 rings (SSSR count). The fourth-order valence-electron chi connectivity index (χ4n) is 4.27. The quantitative estimate of drug-likeness (QED) is 0.293. The molecule has 3 aromatic carbocycles. The molecule has 1 aromatic heterocycles. The number of fused-ring (bicyclic) bond motifs is 2. The van der Waals surface area contributed by atoms with Gasteiger partial charge in [-0.15, -0.1) is 0 Å². The number of hydrogen-bond donors (Lipinski definition) is 0. The fraction of sp³-hybridized carbons (Fsp3) is 0.107. The first-order chi connectivity index (χ1) is 17.0. The van der Waals surface area contributed by atoms with Gasteiger partial charge in [0.25, 0.3) is 5.56 Å². The minimum Gasteiger partial charge on any atom is -0.458 e. The summed E-state index contributed by atoms with van der Waals surface area (Å²) >= 11 is 7.42. The van der Waals surface area contributed by atoms with Gasteiger partial charge in [-0.25, -0.2) is 9.79 Å². The molecule has 0 aliphatic carbocycles. The molecule has 0 saturated carbocycles. The smallest absolute Gasteiger partial charge is 0.338 e. The lowest BCUT2D eigenvalue weighted by Gasteiger charge is -2.24. The molecule has 1 aliphatic rings. The van der Waals surface area contributed by atoms with Crippen LogP contribution in [0.4, 0.5) is 0 Å². The molecule has 0 amide bonds. The summed E-state index contributed by atoms with van der Waals surface area (Å²) < 4.78 is 7.47. The molecule has 0 radical (unpaired) electrons. The molecule has 1 aliphatic heterocycles. The van der Waals surface area contributed by atoms with E-state index < -0.39 is 12.0 Å². The second-order valence-corrected chi connectivity index (χ2v) is 9.53. The molecule has 2 heterocycles. The van der Waals surface area contributed by atoms with Crippen molar-refractivity contribution in [1.29, 1.82) is 0 Å². The minimum absolute atomic E-state index is 0.0639. The Balaban J connectivity index is 1.73. The van der Waals surface area contributed by atoms with Crippen molar-refractivity contribution >= 4 is 45.8 Å². The zero-order valence-corrected chi connectivity index (χ0v) is 20.5. The molecule has 7 heteroatoms. The van der Waals surface area contributed by atoms with Crippen molar-refractivity contribution in [2.24, 2.45) is 4.99 Å². The van der Waals surface area contributed by atoms with Crippen molar-refractivity contribution in [2.45, 2.75) is 13.0 Å². The highest BCUT2D eigenvalue weighted by atomic mass is 35.5. The molecular weight excluding hydrogens is 480 g/mol. The molecule has 0 spiro atoms. The molecular formula is C28H21ClN2O3S. The molecule has 0 fully saturated rings. The number of aromatic nitrogens is 1. The second kappa shape index (κ2) is 9.49. The third kappa shape index (κ3) is 4.27. The normalized spacial score (nSPS) is 15.6. The summed E-state index contributed by atoms with van der Waals surface area (Å²) in [5.41, 5.74) is 2.29. The number of rotatable bonds is 5. The lowest BCUT2D eigenvalue weighted by atomic mass is 9.96. The number of esters is 1. The van der Waals surface area contributed by atoms with Crippen molar-refractivity contribution in [3.63, 3.8) is 0 Å². The van der Waals surface area contributed by atoms with Gasteiger partial charge in [-0.2, -0.15) is 0 Å². The van der Waals surface area contributed by atoms with E-state index in [0.717, 1.165) is 21.9 Å². The maximum atomic E-state index is 13.8. The average Bonchev–Trinajstić information content (AvgIpc) is 3.16. The predicted octanol–water partition coefficient (Wildman–Crippen LogP) is 4.77. The summed E-state index contributed by atoms with van der Waals surface area (Å²) in [6, 6.07) is 20.5. The van der Waals surface area contributed by atoms with Crippen molar-refractivity contribution < 1.29 is 9.53 Å².